The zero-order valence-electron chi connectivity index (χ0n) is 11.3. The van der Waals surface area contributed by atoms with Crippen molar-refractivity contribution < 1.29 is 18.0 Å². The third-order valence-electron chi connectivity index (χ3n) is 3.70. The third-order valence-corrected chi connectivity index (χ3v) is 3.70. The molecule has 1 atom stereocenters. The maximum atomic E-state index is 12.9. The van der Waals surface area contributed by atoms with Gasteiger partial charge in [-0.1, -0.05) is 18.2 Å². The molecule has 2 heterocycles. The lowest BCUT2D eigenvalue weighted by Crippen LogP contribution is -2.43. The van der Waals surface area contributed by atoms with Gasteiger partial charge >= 0.3 is 6.18 Å². The number of benzene rings is 1. The second-order valence-corrected chi connectivity index (χ2v) is 5.10. The number of primary amides is 1. The number of nitrogens with two attached hydrogens (primary N) is 1. The Bertz CT molecular complexity index is 721. The van der Waals surface area contributed by atoms with Gasteiger partial charge in [-0.15, -0.1) is 0 Å². The fraction of sp³-hybridized carbons (Fsp3) is 0.200. The van der Waals surface area contributed by atoms with Crippen LogP contribution in [0.2, 0.25) is 0 Å². The van der Waals surface area contributed by atoms with E-state index in [1.54, 1.807) is 29.3 Å². The largest absolute Gasteiger partial charge is 0.416 e. The summed E-state index contributed by atoms with van der Waals surface area (Å²) in [5.41, 5.74) is 3.26. The van der Waals surface area contributed by atoms with E-state index in [2.05, 4.69) is 4.99 Å². The number of alkyl halides is 3. The van der Waals surface area contributed by atoms with Crippen molar-refractivity contribution >= 4 is 11.7 Å². The molecule has 1 unspecified atom stereocenters. The minimum Gasteiger partial charge on any atom is -0.367 e. The molecule has 0 aliphatic carbocycles. The van der Waals surface area contributed by atoms with Crippen LogP contribution >= 0.6 is 0 Å². The lowest BCUT2D eigenvalue weighted by atomic mass is 9.89. The summed E-state index contributed by atoms with van der Waals surface area (Å²) in [5.74, 6) is -0.283. The molecule has 4 nitrogen and oxygen atoms in total. The fourth-order valence-electron chi connectivity index (χ4n) is 2.56. The van der Waals surface area contributed by atoms with Crippen molar-refractivity contribution in [3.63, 3.8) is 0 Å². The quantitative estimate of drug-likeness (QED) is 0.910. The van der Waals surface area contributed by atoms with Crippen LogP contribution in [0.5, 0.6) is 0 Å². The van der Waals surface area contributed by atoms with Crippen LogP contribution < -0.4 is 5.73 Å². The molecule has 0 bridgehead atoms. The van der Waals surface area contributed by atoms with Crippen LogP contribution in [0.3, 0.4) is 0 Å². The first-order valence-corrected chi connectivity index (χ1v) is 6.52. The van der Waals surface area contributed by atoms with Gasteiger partial charge in [0.25, 0.3) is 5.91 Å². The number of fused-ring (bicyclic) bond motifs is 1. The summed E-state index contributed by atoms with van der Waals surface area (Å²) in [4.78, 5) is 18.0. The van der Waals surface area contributed by atoms with Crippen molar-refractivity contribution in [2.24, 2.45) is 10.7 Å². The topological polar surface area (TPSA) is 58.7 Å². The molecule has 3 rings (SSSR count). The van der Waals surface area contributed by atoms with E-state index < -0.39 is 23.2 Å². The first-order chi connectivity index (χ1) is 10.3. The Balaban J connectivity index is 2.11. The molecule has 1 aromatic carbocycles. The van der Waals surface area contributed by atoms with E-state index in [1.165, 1.54) is 12.1 Å². The molecular weight excluding hydrogens is 295 g/mol. The number of carbonyl (C=O) groups excluding carboxylic acids is 1. The molecule has 1 aromatic rings. The fourth-order valence-corrected chi connectivity index (χ4v) is 2.56. The van der Waals surface area contributed by atoms with Gasteiger partial charge in [0.1, 0.15) is 5.84 Å². The standard InChI is InChI=1S/C15H12F3N3O/c16-15(17,18)11-5-3-4-10(8-11)14(13(19)22)9-21-7-2-1-6-12(21)20-14/h1-8H,9H2,(H2,19,22). The van der Waals surface area contributed by atoms with Gasteiger partial charge in [-0.2, -0.15) is 13.2 Å². The highest BCUT2D eigenvalue weighted by molar-refractivity contribution is 6.01. The third kappa shape index (κ3) is 2.18. The summed E-state index contributed by atoms with van der Waals surface area (Å²) in [6.45, 7) is 0.0832. The van der Waals surface area contributed by atoms with E-state index in [4.69, 9.17) is 5.73 Å². The summed E-state index contributed by atoms with van der Waals surface area (Å²) in [6.07, 6.45) is 2.38. The summed E-state index contributed by atoms with van der Waals surface area (Å²) in [6, 6.07) is 4.58. The van der Waals surface area contributed by atoms with Gasteiger partial charge in [-0.05, 0) is 29.8 Å². The molecule has 0 spiro atoms. The summed E-state index contributed by atoms with van der Waals surface area (Å²) in [7, 11) is 0. The number of rotatable bonds is 2. The van der Waals surface area contributed by atoms with E-state index in [0.717, 1.165) is 12.1 Å². The van der Waals surface area contributed by atoms with Gasteiger partial charge in [0.05, 0.1) is 12.1 Å². The Morgan fingerprint density at radius 3 is 2.73 bits per heavy atom. The normalized spacial score (nSPS) is 23.4. The van der Waals surface area contributed by atoms with Crippen molar-refractivity contribution in [1.29, 1.82) is 0 Å². The van der Waals surface area contributed by atoms with Gasteiger partial charge in [-0.25, -0.2) is 4.99 Å². The van der Waals surface area contributed by atoms with Crippen LogP contribution in [0, 0.1) is 0 Å². The molecule has 0 aromatic heterocycles. The molecule has 0 radical (unpaired) electrons. The molecule has 0 saturated heterocycles. The molecule has 7 heteroatoms. The van der Waals surface area contributed by atoms with E-state index in [0.29, 0.717) is 5.84 Å². The van der Waals surface area contributed by atoms with E-state index >= 15 is 0 Å². The summed E-state index contributed by atoms with van der Waals surface area (Å²) in [5, 5.41) is 0. The van der Waals surface area contributed by atoms with Crippen LogP contribution in [-0.4, -0.2) is 23.2 Å². The lowest BCUT2D eigenvalue weighted by molar-refractivity contribution is -0.137. The number of halogens is 3. The molecule has 2 N–H and O–H groups in total. The average molecular weight is 307 g/mol. The van der Waals surface area contributed by atoms with Gasteiger partial charge in [0, 0.05) is 6.20 Å². The highest BCUT2D eigenvalue weighted by Gasteiger charge is 2.46. The molecule has 22 heavy (non-hydrogen) atoms. The first-order valence-electron chi connectivity index (χ1n) is 6.52. The smallest absolute Gasteiger partial charge is 0.367 e. The summed E-state index contributed by atoms with van der Waals surface area (Å²) < 4.78 is 38.7. The van der Waals surface area contributed by atoms with Crippen molar-refractivity contribution in [2.75, 3.05) is 6.54 Å². The Hall–Kier alpha value is -2.57. The maximum Gasteiger partial charge on any atom is 0.416 e. The molecule has 2 aliphatic heterocycles. The molecule has 114 valence electrons. The van der Waals surface area contributed by atoms with E-state index in [-0.39, 0.29) is 12.1 Å². The molecule has 0 fully saturated rings. The lowest BCUT2D eigenvalue weighted by Gasteiger charge is -2.25. The average Bonchev–Trinajstić information content (AvgIpc) is 2.87. The number of amides is 1. The predicted molar refractivity (Wildman–Crippen MR) is 74.7 cm³/mol. The van der Waals surface area contributed by atoms with Crippen LogP contribution in [0.15, 0.2) is 53.7 Å². The van der Waals surface area contributed by atoms with E-state index in [9.17, 15) is 18.0 Å². The molecule has 2 aliphatic rings. The molecule has 1 amide bonds. The van der Waals surface area contributed by atoms with Crippen molar-refractivity contribution in [3.8, 4) is 0 Å². The van der Waals surface area contributed by atoms with Gasteiger partial charge in [0.2, 0.25) is 0 Å². The number of nitrogens with zero attached hydrogens (tertiary/aromatic N) is 2. The SMILES string of the molecule is NC(=O)C1(c2cccc(C(F)(F)F)c2)CN2C=CC=CC2=N1. The van der Waals surface area contributed by atoms with E-state index in [1.807, 2.05) is 0 Å². The number of hydrogen-bond donors (Lipinski definition) is 1. The Kier molecular flexibility index (Phi) is 3.09. The number of amidine groups is 1. The van der Waals surface area contributed by atoms with Gasteiger partial charge < -0.3 is 10.6 Å². The van der Waals surface area contributed by atoms with Crippen LogP contribution in [0.25, 0.3) is 0 Å². The monoisotopic (exact) mass is 307 g/mol. The minimum atomic E-state index is -4.49. The molecular formula is C15H12F3N3O. The van der Waals surface area contributed by atoms with Crippen molar-refractivity contribution in [3.05, 3.63) is 59.8 Å². The maximum absolute atomic E-state index is 12.9. The Morgan fingerprint density at radius 2 is 2.09 bits per heavy atom. The van der Waals surface area contributed by atoms with Gasteiger partial charge in [0.15, 0.2) is 5.54 Å². The number of carbonyl (C=O) groups is 1. The zero-order valence-corrected chi connectivity index (χ0v) is 11.3. The highest BCUT2D eigenvalue weighted by atomic mass is 19.4. The predicted octanol–water partition coefficient (Wildman–Crippen LogP) is 2.18. The number of aliphatic imine (C=N–C) groups is 1. The van der Waals surface area contributed by atoms with Crippen molar-refractivity contribution in [1.82, 2.24) is 4.90 Å². The first kappa shape index (κ1) is 14.4. The van der Waals surface area contributed by atoms with Crippen LogP contribution in [0.1, 0.15) is 11.1 Å². The second kappa shape index (κ2) is 4.72. The van der Waals surface area contributed by atoms with Crippen molar-refractivity contribution in [2.45, 2.75) is 11.7 Å². The molecule has 0 saturated carbocycles. The minimum absolute atomic E-state index is 0.0832. The highest BCUT2D eigenvalue weighted by Crippen LogP contribution is 2.37. The number of hydrogen-bond acceptors (Lipinski definition) is 3. The summed E-state index contributed by atoms with van der Waals surface area (Å²) >= 11 is 0. The van der Waals surface area contributed by atoms with Crippen LogP contribution in [-0.2, 0) is 16.5 Å². The number of allylic oxidation sites excluding steroid dienone is 2. The Labute approximate surface area is 124 Å². The van der Waals surface area contributed by atoms with Gasteiger partial charge in [-0.3, -0.25) is 4.79 Å². The van der Waals surface area contributed by atoms with Crippen LogP contribution in [0.4, 0.5) is 13.2 Å². The Morgan fingerprint density at radius 1 is 1.32 bits per heavy atom. The zero-order chi connectivity index (χ0) is 16.0. The second-order valence-electron chi connectivity index (χ2n) is 5.10.